The van der Waals surface area contributed by atoms with Gasteiger partial charge in [0.15, 0.2) is 5.96 Å². The van der Waals surface area contributed by atoms with Crippen LogP contribution in [-0.4, -0.2) is 31.1 Å². The van der Waals surface area contributed by atoms with Crippen LogP contribution in [0.3, 0.4) is 0 Å². The molecule has 31 heavy (non-hydrogen) atoms. The highest BCUT2D eigenvalue weighted by molar-refractivity contribution is 14.0. The third-order valence-electron chi connectivity index (χ3n) is 5.43. The highest BCUT2D eigenvalue weighted by atomic mass is 127. The zero-order chi connectivity index (χ0) is 20.8. The van der Waals surface area contributed by atoms with Crippen molar-refractivity contribution in [2.75, 3.05) is 25.0 Å². The molecule has 4 rings (SSSR count). The normalized spacial score (nSPS) is 14.8. The van der Waals surface area contributed by atoms with Crippen molar-refractivity contribution in [2.45, 2.75) is 32.4 Å². The fraction of sp³-hybridized carbons (Fsp3) is 0.333. The predicted molar refractivity (Wildman–Crippen MR) is 137 cm³/mol. The highest BCUT2D eigenvalue weighted by Crippen LogP contribution is 2.24. The molecule has 1 aliphatic heterocycles. The Hall–Kier alpha value is -2.55. The standard InChI is InChI=1S/C24H29N5O.HI/c1-18(20-11-8-12-22(15-20)29-13-6-7-14-29)27-24(25-2)26-16-21-17-30-23(28-21)19-9-4-3-5-10-19;/h3-5,8-12,15,17-18H,6-7,13-14,16H2,1-2H3,(H2,25,26,27);1H. The molecule has 0 bridgehead atoms. The van der Waals surface area contributed by atoms with Crippen molar-refractivity contribution in [1.82, 2.24) is 15.6 Å². The Morgan fingerprint density at radius 3 is 2.65 bits per heavy atom. The largest absolute Gasteiger partial charge is 0.444 e. The van der Waals surface area contributed by atoms with E-state index in [-0.39, 0.29) is 30.0 Å². The number of hydrogen-bond acceptors (Lipinski definition) is 4. The molecule has 0 saturated carbocycles. The van der Waals surface area contributed by atoms with Crippen molar-refractivity contribution >= 4 is 35.6 Å². The molecule has 3 aromatic rings. The average molecular weight is 531 g/mol. The first kappa shape index (κ1) is 23.1. The Kier molecular flexibility index (Phi) is 8.34. The van der Waals surface area contributed by atoms with Crippen molar-refractivity contribution in [2.24, 2.45) is 4.99 Å². The minimum absolute atomic E-state index is 0. The maximum atomic E-state index is 5.61. The van der Waals surface area contributed by atoms with Gasteiger partial charge in [0, 0.05) is 31.4 Å². The van der Waals surface area contributed by atoms with Crippen LogP contribution in [0.4, 0.5) is 5.69 Å². The van der Waals surface area contributed by atoms with Gasteiger partial charge < -0.3 is 20.0 Å². The fourth-order valence-corrected chi connectivity index (χ4v) is 3.72. The number of oxazole rings is 1. The van der Waals surface area contributed by atoms with Crippen molar-refractivity contribution in [3.63, 3.8) is 0 Å². The summed E-state index contributed by atoms with van der Waals surface area (Å²) >= 11 is 0. The van der Waals surface area contributed by atoms with E-state index in [1.165, 1.54) is 24.1 Å². The third kappa shape index (κ3) is 6.00. The Labute approximate surface area is 201 Å². The zero-order valence-corrected chi connectivity index (χ0v) is 20.4. The number of rotatable bonds is 6. The molecule has 2 N–H and O–H groups in total. The molecule has 1 saturated heterocycles. The van der Waals surface area contributed by atoms with Gasteiger partial charge >= 0.3 is 0 Å². The SMILES string of the molecule is CN=C(NCc1coc(-c2ccccc2)n1)NC(C)c1cccc(N2CCCC2)c1.I. The first-order chi connectivity index (χ1) is 14.7. The second kappa shape index (κ2) is 11.2. The monoisotopic (exact) mass is 531 g/mol. The first-order valence-electron chi connectivity index (χ1n) is 10.5. The van der Waals surface area contributed by atoms with Gasteiger partial charge in [0.2, 0.25) is 5.89 Å². The predicted octanol–water partition coefficient (Wildman–Crippen LogP) is 4.99. The molecule has 0 aliphatic carbocycles. The fourth-order valence-electron chi connectivity index (χ4n) is 3.72. The van der Waals surface area contributed by atoms with Gasteiger partial charge in [0.1, 0.15) is 6.26 Å². The van der Waals surface area contributed by atoms with Gasteiger partial charge in [-0.1, -0.05) is 30.3 Å². The number of hydrogen-bond donors (Lipinski definition) is 2. The van der Waals surface area contributed by atoms with E-state index in [4.69, 9.17) is 4.42 Å². The van der Waals surface area contributed by atoms with E-state index in [1.807, 2.05) is 30.3 Å². The molecule has 1 atom stereocenters. The van der Waals surface area contributed by atoms with Crippen LogP contribution in [-0.2, 0) is 6.54 Å². The number of nitrogens with one attached hydrogen (secondary N) is 2. The number of guanidine groups is 1. The Balaban J connectivity index is 0.00000272. The van der Waals surface area contributed by atoms with Crippen LogP contribution in [0.5, 0.6) is 0 Å². The lowest BCUT2D eigenvalue weighted by molar-refractivity contribution is 0.572. The van der Waals surface area contributed by atoms with Gasteiger partial charge in [0.25, 0.3) is 0 Å². The number of nitrogens with zero attached hydrogens (tertiary/aromatic N) is 3. The van der Waals surface area contributed by atoms with Gasteiger partial charge in [-0.25, -0.2) is 4.98 Å². The smallest absolute Gasteiger partial charge is 0.226 e. The zero-order valence-electron chi connectivity index (χ0n) is 18.0. The minimum atomic E-state index is 0. The van der Waals surface area contributed by atoms with Gasteiger partial charge in [-0.05, 0) is 49.6 Å². The number of benzene rings is 2. The molecule has 1 fully saturated rings. The Morgan fingerprint density at radius 1 is 1.13 bits per heavy atom. The van der Waals surface area contributed by atoms with Crippen LogP contribution >= 0.6 is 24.0 Å². The number of aromatic nitrogens is 1. The number of halogens is 1. The van der Waals surface area contributed by atoms with E-state index in [0.717, 1.165) is 30.3 Å². The van der Waals surface area contributed by atoms with E-state index >= 15 is 0 Å². The van der Waals surface area contributed by atoms with Gasteiger partial charge in [-0.15, -0.1) is 24.0 Å². The first-order valence-corrected chi connectivity index (χ1v) is 10.5. The molecular formula is C24H30IN5O. The molecular weight excluding hydrogens is 501 g/mol. The lowest BCUT2D eigenvalue weighted by atomic mass is 10.1. The summed E-state index contributed by atoms with van der Waals surface area (Å²) in [5, 5.41) is 6.80. The molecule has 0 amide bonds. The lowest BCUT2D eigenvalue weighted by Gasteiger charge is -2.22. The van der Waals surface area contributed by atoms with E-state index in [2.05, 4.69) is 56.7 Å². The topological polar surface area (TPSA) is 65.7 Å². The second-order valence-electron chi connectivity index (χ2n) is 7.59. The Bertz CT molecular complexity index is 982. The molecule has 2 heterocycles. The van der Waals surface area contributed by atoms with E-state index < -0.39 is 0 Å². The van der Waals surface area contributed by atoms with E-state index in [0.29, 0.717) is 12.4 Å². The lowest BCUT2D eigenvalue weighted by Crippen LogP contribution is -2.38. The summed E-state index contributed by atoms with van der Waals surface area (Å²) in [6, 6.07) is 18.8. The summed E-state index contributed by atoms with van der Waals surface area (Å²) in [5.41, 5.74) is 4.35. The maximum Gasteiger partial charge on any atom is 0.226 e. The Morgan fingerprint density at radius 2 is 1.90 bits per heavy atom. The average Bonchev–Trinajstić information content (AvgIpc) is 3.50. The molecule has 1 aromatic heterocycles. The highest BCUT2D eigenvalue weighted by Gasteiger charge is 2.15. The molecule has 7 heteroatoms. The van der Waals surface area contributed by atoms with Crippen molar-refractivity contribution < 1.29 is 4.42 Å². The van der Waals surface area contributed by atoms with Gasteiger partial charge in [-0.3, -0.25) is 4.99 Å². The van der Waals surface area contributed by atoms with Gasteiger partial charge in [-0.2, -0.15) is 0 Å². The number of aliphatic imine (C=N–C) groups is 1. The minimum Gasteiger partial charge on any atom is -0.444 e. The summed E-state index contributed by atoms with van der Waals surface area (Å²) in [6.45, 7) is 4.99. The molecule has 0 spiro atoms. The van der Waals surface area contributed by atoms with Crippen LogP contribution in [0.2, 0.25) is 0 Å². The maximum absolute atomic E-state index is 5.61. The van der Waals surface area contributed by atoms with Crippen LogP contribution in [0.1, 0.15) is 37.1 Å². The molecule has 1 aliphatic rings. The van der Waals surface area contributed by atoms with Gasteiger partial charge in [0.05, 0.1) is 18.3 Å². The molecule has 164 valence electrons. The third-order valence-corrected chi connectivity index (χ3v) is 5.43. The van der Waals surface area contributed by atoms with E-state index in [1.54, 1.807) is 13.3 Å². The summed E-state index contributed by atoms with van der Waals surface area (Å²) < 4.78 is 5.61. The summed E-state index contributed by atoms with van der Waals surface area (Å²) in [4.78, 5) is 11.4. The summed E-state index contributed by atoms with van der Waals surface area (Å²) in [6.07, 6.45) is 4.25. The molecule has 1 unspecified atom stereocenters. The quantitative estimate of drug-likeness (QED) is 0.267. The van der Waals surface area contributed by atoms with Crippen LogP contribution < -0.4 is 15.5 Å². The molecule has 2 aromatic carbocycles. The van der Waals surface area contributed by atoms with E-state index in [9.17, 15) is 0 Å². The molecule has 0 radical (unpaired) electrons. The van der Waals surface area contributed by atoms with Crippen LogP contribution in [0, 0.1) is 0 Å². The van der Waals surface area contributed by atoms with Crippen molar-refractivity contribution in [1.29, 1.82) is 0 Å². The van der Waals surface area contributed by atoms with Crippen LogP contribution in [0.15, 0.2) is 70.3 Å². The number of anilines is 1. The summed E-state index contributed by atoms with van der Waals surface area (Å²) in [7, 11) is 1.78. The second-order valence-corrected chi connectivity index (χ2v) is 7.59. The van der Waals surface area contributed by atoms with Crippen LogP contribution in [0.25, 0.3) is 11.5 Å². The molecule has 6 nitrogen and oxygen atoms in total. The van der Waals surface area contributed by atoms with Crippen molar-refractivity contribution in [3.05, 3.63) is 72.1 Å². The summed E-state index contributed by atoms with van der Waals surface area (Å²) in [5.74, 6) is 1.36. The van der Waals surface area contributed by atoms with Crippen molar-refractivity contribution in [3.8, 4) is 11.5 Å².